The molecule has 1 aromatic rings. The number of halogens is 5. The van der Waals surface area contributed by atoms with Gasteiger partial charge in [0.25, 0.3) is 0 Å². The fourth-order valence-electron chi connectivity index (χ4n) is 1.18. The number of hydrogen-bond donors (Lipinski definition) is 1. The van der Waals surface area contributed by atoms with Crippen LogP contribution in [0.3, 0.4) is 0 Å². The van der Waals surface area contributed by atoms with E-state index in [0.717, 1.165) is 19.1 Å². The summed E-state index contributed by atoms with van der Waals surface area (Å²) in [6, 6.07) is 2.45. The van der Waals surface area contributed by atoms with E-state index < -0.39 is 28.8 Å². The van der Waals surface area contributed by atoms with Crippen LogP contribution in [0.2, 0.25) is 5.02 Å². The number of Topliss-reactive ketones (excluding diaryl/α,β-unsaturated/α-hetero) is 1. The van der Waals surface area contributed by atoms with Crippen LogP contribution in [0.25, 0.3) is 0 Å². The van der Waals surface area contributed by atoms with E-state index in [1.54, 1.807) is 0 Å². The predicted octanol–water partition coefficient (Wildman–Crippen LogP) is 3.49. The van der Waals surface area contributed by atoms with Crippen molar-refractivity contribution in [3.63, 3.8) is 0 Å². The first-order chi connectivity index (χ1) is 8.62. The fraction of sp³-hybridized carbons (Fsp3) is 0.273. The number of amides is 1. The van der Waals surface area contributed by atoms with Gasteiger partial charge in [-0.15, -0.1) is 11.6 Å². The highest BCUT2D eigenvalue weighted by Crippen LogP contribution is 2.33. The monoisotopic (exact) mass is 313 g/mol. The summed E-state index contributed by atoms with van der Waals surface area (Å²) in [6.45, 7) is 1.09. The van der Waals surface area contributed by atoms with Gasteiger partial charge in [0.05, 0.1) is 16.3 Å². The lowest BCUT2D eigenvalue weighted by Gasteiger charge is -2.12. The summed E-state index contributed by atoms with van der Waals surface area (Å²) in [7, 11) is 0. The third-order valence-electron chi connectivity index (χ3n) is 2.14. The highest BCUT2D eigenvalue weighted by molar-refractivity contribution is 6.43. The zero-order valence-corrected chi connectivity index (χ0v) is 11.0. The van der Waals surface area contributed by atoms with Crippen LogP contribution in [0.4, 0.5) is 18.9 Å². The molecule has 1 atom stereocenters. The number of benzene rings is 1. The molecule has 0 aromatic heterocycles. The van der Waals surface area contributed by atoms with Crippen LogP contribution in [-0.2, 0) is 15.8 Å². The van der Waals surface area contributed by atoms with E-state index in [2.05, 4.69) is 5.32 Å². The highest BCUT2D eigenvalue weighted by atomic mass is 35.5. The Morgan fingerprint density at radius 2 is 1.89 bits per heavy atom. The number of anilines is 1. The van der Waals surface area contributed by atoms with E-state index in [9.17, 15) is 22.8 Å². The first-order valence-corrected chi connectivity index (χ1v) is 5.76. The fourth-order valence-corrected chi connectivity index (χ4v) is 1.40. The maximum Gasteiger partial charge on any atom is 0.416 e. The van der Waals surface area contributed by atoms with Gasteiger partial charge in [0, 0.05) is 0 Å². The average Bonchev–Trinajstić information content (AvgIpc) is 2.29. The zero-order chi connectivity index (χ0) is 14.8. The Labute approximate surface area is 116 Å². The average molecular weight is 314 g/mol. The summed E-state index contributed by atoms with van der Waals surface area (Å²) in [5.74, 6) is -1.56. The van der Waals surface area contributed by atoms with Crippen molar-refractivity contribution < 1.29 is 22.8 Å². The summed E-state index contributed by atoms with van der Waals surface area (Å²) in [5.41, 5.74) is -1.23. The Bertz CT molecular complexity index is 517. The van der Waals surface area contributed by atoms with Crippen molar-refractivity contribution in [3.8, 4) is 0 Å². The quantitative estimate of drug-likeness (QED) is 0.686. The molecule has 104 valence electrons. The van der Waals surface area contributed by atoms with Crippen LogP contribution < -0.4 is 5.32 Å². The van der Waals surface area contributed by atoms with Gasteiger partial charge in [0.15, 0.2) is 11.2 Å². The summed E-state index contributed by atoms with van der Waals surface area (Å²) in [4.78, 5) is 22.3. The molecule has 0 radical (unpaired) electrons. The van der Waals surface area contributed by atoms with Crippen LogP contribution >= 0.6 is 23.2 Å². The van der Waals surface area contributed by atoms with Gasteiger partial charge in [-0.3, -0.25) is 9.59 Å². The molecule has 3 nitrogen and oxygen atoms in total. The molecule has 0 spiro atoms. The summed E-state index contributed by atoms with van der Waals surface area (Å²) < 4.78 is 37.5. The Kier molecular flexibility index (Phi) is 4.81. The van der Waals surface area contributed by atoms with Crippen LogP contribution in [0.5, 0.6) is 0 Å². The molecule has 0 fully saturated rings. The van der Waals surface area contributed by atoms with Gasteiger partial charge < -0.3 is 5.32 Å². The van der Waals surface area contributed by atoms with Crippen LogP contribution in [-0.4, -0.2) is 17.1 Å². The summed E-state index contributed by atoms with van der Waals surface area (Å²) >= 11 is 11.1. The maximum atomic E-state index is 12.5. The number of nitrogens with one attached hydrogen (secondary N) is 1. The van der Waals surface area contributed by atoms with E-state index in [-0.39, 0.29) is 10.7 Å². The molecule has 1 aromatic carbocycles. The number of carbonyl (C=O) groups excluding carboxylic acids is 2. The Morgan fingerprint density at radius 1 is 1.32 bits per heavy atom. The van der Waals surface area contributed by atoms with Crippen molar-refractivity contribution >= 4 is 40.6 Å². The van der Waals surface area contributed by atoms with E-state index >= 15 is 0 Å². The second-order valence-corrected chi connectivity index (χ2v) is 4.50. The number of carbonyl (C=O) groups is 2. The smallest absolute Gasteiger partial charge is 0.323 e. The van der Waals surface area contributed by atoms with Crippen molar-refractivity contribution in [3.05, 3.63) is 28.8 Å². The zero-order valence-electron chi connectivity index (χ0n) is 9.52. The van der Waals surface area contributed by atoms with Crippen LogP contribution in [0.15, 0.2) is 18.2 Å². The van der Waals surface area contributed by atoms with Crippen molar-refractivity contribution in [2.75, 3.05) is 5.32 Å². The molecule has 0 heterocycles. The number of hydrogen-bond acceptors (Lipinski definition) is 2. The van der Waals surface area contributed by atoms with Gasteiger partial charge in [-0.05, 0) is 25.1 Å². The second kappa shape index (κ2) is 5.79. The third kappa shape index (κ3) is 4.11. The SMILES string of the molecule is CC(=O)[C@H](Cl)C(=O)Nc1cc(C(F)(F)F)ccc1Cl. The van der Waals surface area contributed by atoms with Crippen LogP contribution in [0, 0.1) is 0 Å². The molecular weight excluding hydrogens is 306 g/mol. The van der Waals surface area contributed by atoms with Gasteiger partial charge >= 0.3 is 6.18 Å². The largest absolute Gasteiger partial charge is 0.416 e. The molecule has 0 unspecified atom stereocenters. The minimum absolute atomic E-state index is 0.0891. The van der Waals surface area contributed by atoms with Gasteiger partial charge in [-0.1, -0.05) is 11.6 Å². The standard InChI is InChI=1S/C11H8Cl2F3NO2/c1-5(18)9(13)10(19)17-8-4-6(11(14,15)16)2-3-7(8)12/h2-4,9H,1H3,(H,17,19)/t9-/m0/s1. The van der Waals surface area contributed by atoms with Crippen molar-refractivity contribution in [1.82, 2.24) is 0 Å². The van der Waals surface area contributed by atoms with Crippen molar-refractivity contribution in [1.29, 1.82) is 0 Å². The maximum absolute atomic E-state index is 12.5. The Hall–Kier alpha value is -1.27. The topological polar surface area (TPSA) is 46.2 Å². The first kappa shape index (κ1) is 15.8. The third-order valence-corrected chi connectivity index (χ3v) is 2.97. The second-order valence-electron chi connectivity index (χ2n) is 3.65. The number of ketones is 1. The lowest BCUT2D eigenvalue weighted by Crippen LogP contribution is -2.29. The summed E-state index contributed by atoms with van der Waals surface area (Å²) in [5, 5.41) is 0.510. The van der Waals surface area contributed by atoms with Crippen molar-refractivity contribution in [2.45, 2.75) is 18.5 Å². The minimum atomic E-state index is -4.56. The van der Waals surface area contributed by atoms with Gasteiger partial charge in [0.2, 0.25) is 5.91 Å². The molecule has 0 aliphatic carbocycles. The molecule has 19 heavy (non-hydrogen) atoms. The lowest BCUT2D eigenvalue weighted by atomic mass is 10.2. The molecule has 0 aliphatic rings. The normalized spacial score (nSPS) is 12.9. The van der Waals surface area contributed by atoms with Crippen molar-refractivity contribution in [2.24, 2.45) is 0 Å². The van der Waals surface area contributed by atoms with Gasteiger partial charge in [0.1, 0.15) is 0 Å². The molecule has 0 saturated carbocycles. The van der Waals surface area contributed by atoms with E-state index in [4.69, 9.17) is 23.2 Å². The number of alkyl halides is 4. The van der Waals surface area contributed by atoms with Gasteiger partial charge in [-0.25, -0.2) is 0 Å². The van der Waals surface area contributed by atoms with Crippen LogP contribution in [0.1, 0.15) is 12.5 Å². The summed E-state index contributed by atoms with van der Waals surface area (Å²) in [6.07, 6.45) is -4.56. The predicted molar refractivity (Wildman–Crippen MR) is 65.4 cm³/mol. The van der Waals surface area contributed by atoms with Gasteiger partial charge in [-0.2, -0.15) is 13.2 Å². The molecule has 0 saturated heterocycles. The molecule has 1 rings (SSSR count). The van der Waals surface area contributed by atoms with E-state index in [1.807, 2.05) is 0 Å². The Balaban J connectivity index is 3.01. The first-order valence-electron chi connectivity index (χ1n) is 4.95. The molecule has 0 aliphatic heterocycles. The highest BCUT2D eigenvalue weighted by Gasteiger charge is 2.31. The molecular formula is C11H8Cl2F3NO2. The molecule has 1 N–H and O–H groups in total. The van der Waals surface area contributed by atoms with E-state index in [0.29, 0.717) is 6.07 Å². The number of rotatable bonds is 3. The lowest BCUT2D eigenvalue weighted by molar-refractivity contribution is -0.137. The Morgan fingerprint density at radius 3 is 2.37 bits per heavy atom. The molecule has 8 heteroatoms. The molecule has 1 amide bonds. The van der Waals surface area contributed by atoms with E-state index in [1.165, 1.54) is 0 Å². The minimum Gasteiger partial charge on any atom is -0.323 e. The molecule has 0 bridgehead atoms.